The molecule has 0 saturated heterocycles. The maximum atomic E-state index is 13.2. The number of aromatic nitrogens is 2. The van der Waals surface area contributed by atoms with Crippen molar-refractivity contribution >= 4 is 16.9 Å². The summed E-state index contributed by atoms with van der Waals surface area (Å²) in [7, 11) is 1.87. The van der Waals surface area contributed by atoms with Gasteiger partial charge in [-0.2, -0.15) is 0 Å². The first-order valence-electron chi connectivity index (χ1n) is 8.99. The minimum absolute atomic E-state index is 0.129. The number of imidazole rings is 1. The van der Waals surface area contributed by atoms with E-state index in [1.165, 1.54) is 0 Å². The number of hydrogen-bond acceptors (Lipinski definition) is 3. The molecule has 134 valence electrons. The Morgan fingerprint density at radius 3 is 2.85 bits per heavy atom. The third-order valence-corrected chi connectivity index (χ3v) is 5.28. The third kappa shape index (κ3) is 2.83. The summed E-state index contributed by atoms with van der Waals surface area (Å²) in [4.78, 5) is 23.0. The van der Waals surface area contributed by atoms with Crippen LogP contribution in [0.4, 0.5) is 0 Å². The van der Waals surface area contributed by atoms with Gasteiger partial charge in [-0.15, -0.1) is 0 Å². The lowest BCUT2D eigenvalue weighted by Crippen LogP contribution is -2.46. The molecule has 1 aliphatic heterocycles. The first-order chi connectivity index (χ1) is 12.6. The number of benzene rings is 2. The van der Waals surface area contributed by atoms with Crippen LogP contribution in [0, 0.1) is 0 Å². The minimum atomic E-state index is -0.544. The van der Waals surface area contributed by atoms with Crippen LogP contribution in [0.15, 0.2) is 48.5 Å². The molecule has 1 amide bonds. The minimum Gasteiger partial charge on any atom is -0.493 e. The molecule has 5 heteroatoms. The van der Waals surface area contributed by atoms with Gasteiger partial charge >= 0.3 is 0 Å². The van der Waals surface area contributed by atoms with Crippen molar-refractivity contribution in [2.45, 2.75) is 25.2 Å². The van der Waals surface area contributed by atoms with Crippen LogP contribution in [0.25, 0.3) is 11.0 Å². The lowest BCUT2D eigenvalue weighted by Gasteiger charge is -2.37. The van der Waals surface area contributed by atoms with Gasteiger partial charge in [0.05, 0.1) is 23.1 Å². The quantitative estimate of drug-likeness (QED) is 0.786. The number of para-hydroxylation sites is 3. The summed E-state index contributed by atoms with van der Waals surface area (Å²) >= 11 is 0. The van der Waals surface area contributed by atoms with Crippen LogP contribution in [0.3, 0.4) is 0 Å². The van der Waals surface area contributed by atoms with Crippen molar-refractivity contribution in [3.8, 4) is 5.75 Å². The number of fused-ring (bicyclic) bond motifs is 2. The fourth-order valence-corrected chi connectivity index (χ4v) is 3.69. The van der Waals surface area contributed by atoms with Gasteiger partial charge in [0, 0.05) is 25.6 Å². The number of nitrogens with one attached hydrogen (secondary N) is 1. The fourth-order valence-electron chi connectivity index (χ4n) is 3.69. The molecule has 1 N–H and O–H groups in total. The number of aromatic amines is 1. The maximum absolute atomic E-state index is 13.2. The van der Waals surface area contributed by atoms with Crippen LogP contribution in [0.2, 0.25) is 0 Å². The zero-order valence-corrected chi connectivity index (χ0v) is 15.2. The average molecular weight is 349 g/mol. The van der Waals surface area contributed by atoms with Crippen LogP contribution >= 0.6 is 0 Å². The number of nitrogens with zero attached hydrogens (tertiary/aromatic N) is 2. The molecular weight excluding hydrogens is 326 g/mol. The Balaban J connectivity index is 1.49. The van der Waals surface area contributed by atoms with Gasteiger partial charge in [0.15, 0.2) is 0 Å². The van der Waals surface area contributed by atoms with Gasteiger partial charge < -0.3 is 14.6 Å². The Bertz CT molecular complexity index is 916. The average Bonchev–Trinajstić information content (AvgIpc) is 3.09. The lowest BCUT2D eigenvalue weighted by atomic mass is 9.76. The highest BCUT2D eigenvalue weighted by molar-refractivity contribution is 5.88. The predicted molar refractivity (Wildman–Crippen MR) is 101 cm³/mol. The Morgan fingerprint density at radius 1 is 1.23 bits per heavy atom. The number of rotatable bonds is 4. The Labute approximate surface area is 153 Å². The molecule has 4 rings (SSSR count). The van der Waals surface area contributed by atoms with E-state index in [1.54, 1.807) is 0 Å². The molecule has 1 aromatic heterocycles. The summed E-state index contributed by atoms with van der Waals surface area (Å²) in [6.07, 6.45) is 1.39. The van der Waals surface area contributed by atoms with Crippen molar-refractivity contribution in [2.75, 3.05) is 20.2 Å². The van der Waals surface area contributed by atoms with Crippen molar-refractivity contribution in [1.29, 1.82) is 0 Å². The number of carbonyl (C=O) groups is 1. The van der Waals surface area contributed by atoms with E-state index < -0.39 is 5.41 Å². The second-order valence-electron chi connectivity index (χ2n) is 7.10. The summed E-state index contributed by atoms with van der Waals surface area (Å²) < 4.78 is 5.73. The molecule has 2 aromatic carbocycles. The van der Waals surface area contributed by atoms with E-state index in [0.717, 1.165) is 28.2 Å². The number of amides is 1. The van der Waals surface area contributed by atoms with Gasteiger partial charge in [-0.3, -0.25) is 4.79 Å². The van der Waals surface area contributed by atoms with Crippen molar-refractivity contribution in [1.82, 2.24) is 14.9 Å². The molecule has 0 bridgehead atoms. The summed E-state index contributed by atoms with van der Waals surface area (Å²) in [6, 6.07) is 15.8. The van der Waals surface area contributed by atoms with Crippen molar-refractivity contribution in [3.05, 3.63) is 59.9 Å². The first kappa shape index (κ1) is 16.6. The highest BCUT2D eigenvalue weighted by Gasteiger charge is 2.41. The highest BCUT2D eigenvalue weighted by Crippen LogP contribution is 2.39. The molecule has 0 spiro atoms. The molecule has 1 atom stereocenters. The molecule has 0 radical (unpaired) electrons. The molecule has 5 nitrogen and oxygen atoms in total. The molecule has 0 fully saturated rings. The summed E-state index contributed by atoms with van der Waals surface area (Å²) in [5.74, 6) is 1.85. The Kier molecular flexibility index (Phi) is 4.15. The molecule has 3 aromatic rings. The van der Waals surface area contributed by atoms with Gasteiger partial charge in [-0.05, 0) is 31.5 Å². The van der Waals surface area contributed by atoms with Crippen LogP contribution in [0.5, 0.6) is 5.75 Å². The van der Waals surface area contributed by atoms with Gasteiger partial charge in [0.25, 0.3) is 0 Å². The number of likely N-dealkylation sites (N-methyl/N-ethyl adjacent to an activating group) is 1. The van der Waals surface area contributed by atoms with E-state index in [2.05, 4.69) is 9.97 Å². The van der Waals surface area contributed by atoms with Crippen molar-refractivity contribution < 1.29 is 9.53 Å². The van der Waals surface area contributed by atoms with Gasteiger partial charge in [-0.1, -0.05) is 30.3 Å². The van der Waals surface area contributed by atoms with E-state index in [4.69, 9.17) is 4.74 Å². The van der Waals surface area contributed by atoms with Crippen LogP contribution in [-0.2, 0) is 16.6 Å². The number of carbonyl (C=O) groups excluding carboxylic acids is 1. The molecular formula is C21H23N3O2. The van der Waals surface area contributed by atoms with E-state index in [-0.39, 0.29) is 5.91 Å². The highest BCUT2D eigenvalue weighted by atomic mass is 16.5. The molecule has 0 aliphatic carbocycles. The maximum Gasteiger partial charge on any atom is 0.232 e. The van der Waals surface area contributed by atoms with E-state index >= 15 is 0 Å². The summed E-state index contributed by atoms with van der Waals surface area (Å²) in [5, 5.41) is 0. The number of hydrogen-bond donors (Lipinski definition) is 1. The number of H-pyrrole nitrogens is 1. The van der Waals surface area contributed by atoms with Gasteiger partial charge in [-0.25, -0.2) is 4.98 Å². The van der Waals surface area contributed by atoms with Crippen molar-refractivity contribution in [2.24, 2.45) is 0 Å². The molecule has 1 aliphatic rings. The second-order valence-corrected chi connectivity index (χ2v) is 7.10. The van der Waals surface area contributed by atoms with Gasteiger partial charge in [0.2, 0.25) is 5.91 Å². The SMILES string of the molecule is CN(CCc1nc2ccccc2[nH]1)C(=O)C1(C)CCOc2ccccc21. The van der Waals surface area contributed by atoms with E-state index in [9.17, 15) is 4.79 Å². The zero-order valence-electron chi connectivity index (χ0n) is 15.2. The largest absolute Gasteiger partial charge is 0.493 e. The van der Waals surface area contributed by atoms with Crippen LogP contribution in [0.1, 0.15) is 24.7 Å². The smallest absolute Gasteiger partial charge is 0.232 e. The summed E-state index contributed by atoms with van der Waals surface area (Å²) in [5.41, 5.74) is 2.42. The Morgan fingerprint density at radius 2 is 2.00 bits per heavy atom. The summed E-state index contributed by atoms with van der Waals surface area (Å²) in [6.45, 7) is 3.21. The predicted octanol–water partition coefficient (Wildman–Crippen LogP) is 3.30. The van der Waals surface area contributed by atoms with Gasteiger partial charge in [0.1, 0.15) is 11.6 Å². The molecule has 1 unspecified atom stereocenters. The monoisotopic (exact) mass is 349 g/mol. The first-order valence-corrected chi connectivity index (χ1v) is 8.99. The second kappa shape index (κ2) is 6.48. The fraction of sp³-hybridized carbons (Fsp3) is 0.333. The molecule has 2 heterocycles. The standard InChI is InChI=1S/C21H23N3O2/c1-21(12-14-26-18-10-6-3-7-15(18)21)20(25)24(2)13-11-19-22-16-8-4-5-9-17(16)23-19/h3-10H,11-14H2,1-2H3,(H,22,23). The number of ether oxygens (including phenoxy) is 1. The topological polar surface area (TPSA) is 58.2 Å². The van der Waals surface area contributed by atoms with Crippen LogP contribution in [-0.4, -0.2) is 41.0 Å². The third-order valence-electron chi connectivity index (χ3n) is 5.28. The van der Waals surface area contributed by atoms with Crippen LogP contribution < -0.4 is 4.74 Å². The van der Waals surface area contributed by atoms with Crippen molar-refractivity contribution in [3.63, 3.8) is 0 Å². The molecule has 0 saturated carbocycles. The van der Waals surface area contributed by atoms with E-state index in [0.29, 0.717) is 26.0 Å². The molecule has 26 heavy (non-hydrogen) atoms. The normalized spacial score (nSPS) is 19.0. The Hall–Kier alpha value is -2.82. The van der Waals surface area contributed by atoms with E-state index in [1.807, 2.05) is 67.4 Å². The zero-order chi connectivity index (χ0) is 18.1. The lowest BCUT2D eigenvalue weighted by molar-refractivity contribution is -0.136.